The molecule has 106 valence electrons. The molecule has 0 fully saturated rings. The normalized spacial score (nSPS) is 10.7. The topological polar surface area (TPSA) is 47.3 Å². The molecular formula is C16H19FN2O. The molecule has 0 aromatic heterocycles. The smallest absolute Gasteiger partial charge is 0.144 e. The Morgan fingerprint density at radius 3 is 2.45 bits per heavy atom. The number of hydrogen-bond donors (Lipinski definition) is 2. The molecule has 0 bridgehead atoms. The summed E-state index contributed by atoms with van der Waals surface area (Å²) >= 11 is 0. The van der Waals surface area contributed by atoms with E-state index in [9.17, 15) is 4.39 Å². The highest BCUT2D eigenvalue weighted by atomic mass is 19.1. The van der Waals surface area contributed by atoms with Crippen LogP contribution in [0, 0.1) is 12.7 Å². The van der Waals surface area contributed by atoms with Crippen molar-refractivity contribution in [2.24, 2.45) is 0 Å². The second-order valence-corrected chi connectivity index (χ2v) is 4.92. The number of rotatable bonds is 4. The maximum Gasteiger partial charge on any atom is 0.144 e. The van der Waals surface area contributed by atoms with Gasteiger partial charge < -0.3 is 15.8 Å². The zero-order chi connectivity index (χ0) is 14.7. The molecule has 0 atom stereocenters. The summed E-state index contributed by atoms with van der Waals surface area (Å²) in [5.41, 5.74) is 8.56. The van der Waals surface area contributed by atoms with Crippen molar-refractivity contribution in [2.45, 2.75) is 26.9 Å². The van der Waals surface area contributed by atoms with Crippen LogP contribution in [0.1, 0.15) is 19.4 Å². The standard InChI is InChI=1S/C16H19FN2O/c1-10(2)20-15-9-5-8-14(16(15)18)19-13-7-4-6-12(17)11(13)3/h4-10,19H,18H2,1-3H3. The fourth-order valence-corrected chi connectivity index (χ4v) is 1.90. The number of hydrogen-bond acceptors (Lipinski definition) is 3. The van der Waals surface area contributed by atoms with Gasteiger partial charge >= 0.3 is 0 Å². The lowest BCUT2D eigenvalue weighted by molar-refractivity contribution is 0.244. The van der Waals surface area contributed by atoms with Crippen molar-refractivity contribution in [3.8, 4) is 5.75 Å². The molecule has 0 saturated carbocycles. The Morgan fingerprint density at radius 2 is 1.75 bits per heavy atom. The van der Waals surface area contributed by atoms with Crippen molar-refractivity contribution in [3.05, 3.63) is 47.8 Å². The van der Waals surface area contributed by atoms with Gasteiger partial charge in [0, 0.05) is 11.3 Å². The first-order valence-corrected chi connectivity index (χ1v) is 6.56. The van der Waals surface area contributed by atoms with E-state index in [4.69, 9.17) is 10.5 Å². The van der Waals surface area contributed by atoms with E-state index in [0.717, 1.165) is 0 Å². The van der Waals surface area contributed by atoms with Crippen molar-refractivity contribution in [1.82, 2.24) is 0 Å². The number of benzene rings is 2. The molecule has 0 radical (unpaired) electrons. The van der Waals surface area contributed by atoms with Crippen LogP contribution in [0.2, 0.25) is 0 Å². The number of ether oxygens (including phenoxy) is 1. The lowest BCUT2D eigenvalue weighted by Gasteiger charge is -2.16. The van der Waals surface area contributed by atoms with Gasteiger partial charge in [-0.1, -0.05) is 12.1 Å². The fraction of sp³-hybridized carbons (Fsp3) is 0.250. The molecule has 0 aliphatic carbocycles. The second-order valence-electron chi connectivity index (χ2n) is 4.92. The van der Waals surface area contributed by atoms with Crippen molar-refractivity contribution in [1.29, 1.82) is 0 Å². The molecule has 0 spiro atoms. The second kappa shape index (κ2) is 5.82. The van der Waals surface area contributed by atoms with Crippen LogP contribution in [-0.2, 0) is 0 Å². The minimum Gasteiger partial charge on any atom is -0.489 e. The van der Waals surface area contributed by atoms with Crippen LogP contribution >= 0.6 is 0 Å². The van der Waals surface area contributed by atoms with E-state index in [1.165, 1.54) is 6.07 Å². The molecule has 2 aromatic rings. The molecule has 3 nitrogen and oxygen atoms in total. The zero-order valence-electron chi connectivity index (χ0n) is 11.9. The molecular weight excluding hydrogens is 255 g/mol. The van der Waals surface area contributed by atoms with E-state index in [1.807, 2.05) is 38.1 Å². The van der Waals surface area contributed by atoms with Crippen LogP contribution in [0.15, 0.2) is 36.4 Å². The number of halogens is 1. The van der Waals surface area contributed by atoms with E-state index in [1.54, 1.807) is 13.0 Å². The largest absolute Gasteiger partial charge is 0.489 e. The van der Waals surface area contributed by atoms with Crippen LogP contribution in [-0.4, -0.2) is 6.10 Å². The minimum atomic E-state index is -0.247. The van der Waals surface area contributed by atoms with E-state index >= 15 is 0 Å². The van der Waals surface area contributed by atoms with Gasteiger partial charge in [0.1, 0.15) is 11.6 Å². The van der Waals surface area contributed by atoms with Gasteiger partial charge in [0.15, 0.2) is 0 Å². The van der Waals surface area contributed by atoms with Gasteiger partial charge in [0.25, 0.3) is 0 Å². The monoisotopic (exact) mass is 274 g/mol. The first kappa shape index (κ1) is 14.2. The molecule has 2 rings (SSSR count). The van der Waals surface area contributed by atoms with Crippen molar-refractivity contribution in [3.63, 3.8) is 0 Å². The predicted octanol–water partition coefficient (Wildman–Crippen LogP) is 4.25. The molecule has 0 unspecified atom stereocenters. The fourth-order valence-electron chi connectivity index (χ4n) is 1.90. The maximum absolute atomic E-state index is 13.5. The van der Waals surface area contributed by atoms with E-state index in [2.05, 4.69) is 5.32 Å². The summed E-state index contributed by atoms with van der Waals surface area (Å²) in [5, 5.41) is 3.15. The van der Waals surface area contributed by atoms with E-state index in [0.29, 0.717) is 28.4 Å². The predicted molar refractivity (Wildman–Crippen MR) is 81.0 cm³/mol. The number of nitrogens with two attached hydrogens (primary N) is 1. The quantitative estimate of drug-likeness (QED) is 0.819. The van der Waals surface area contributed by atoms with Crippen molar-refractivity contribution >= 4 is 17.1 Å². The van der Waals surface area contributed by atoms with E-state index in [-0.39, 0.29) is 11.9 Å². The van der Waals surface area contributed by atoms with Crippen LogP contribution in [0.25, 0.3) is 0 Å². The minimum absolute atomic E-state index is 0.0449. The summed E-state index contributed by atoms with van der Waals surface area (Å²) in [7, 11) is 0. The highest BCUT2D eigenvalue weighted by molar-refractivity contribution is 5.78. The van der Waals surface area contributed by atoms with Crippen LogP contribution in [0.4, 0.5) is 21.5 Å². The average molecular weight is 274 g/mol. The van der Waals surface area contributed by atoms with Gasteiger partial charge in [0.2, 0.25) is 0 Å². The Hall–Kier alpha value is -2.23. The molecule has 3 N–H and O–H groups in total. The molecule has 0 aliphatic heterocycles. The number of nitrogen functional groups attached to an aromatic ring is 1. The summed E-state index contributed by atoms with van der Waals surface area (Å²) in [5.74, 6) is 0.377. The number of nitrogens with one attached hydrogen (secondary N) is 1. The lowest BCUT2D eigenvalue weighted by Crippen LogP contribution is -2.08. The highest BCUT2D eigenvalue weighted by Crippen LogP contribution is 2.33. The van der Waals surface area contributed by atoms with Gasteiger partial charge in [-0.2, -0.15) is 0 Å². The summed E-state index contributed by atoms with van der Waals surface area (Å²) in [6.45, 7) is 5.61. The Kier molecular flexibility index (Phi) is 4.13. The van der Waals surface area contributed by atoms with Gasteiger partial charge in [-0.15, -0.1) is 0 Å². The molecule has 2 aromatic carbocycles. The van der Waals surface area contributed by atoms with Gasteiger partial charge in [0.05, 0.1) is 17.5 Å². The third-order valence-electron chi connectivity index (χ3n) is 2.97. The highest BCUT2D eigenvalue weighted by Gasteiger charge is 2.09. The van der Waals surface area contributed by atoms with Crippen LogP contribution < -0.4 is 15.8 Å². The number of anilines is 3. The molecule has 0 amide bonds. The summed E-state index contributed by atoms with van der Waals surface area (Å²) in [6.07, 6.45) is 0.0449. The summed E-state index contributed by atoms with van der Waals surface area (Å²) in [4.78, 5) is 0. The SMILES string of the molecule is Cc1c(F)cccc1Nc1cccc(OC(C)C)c1N. The van der Waals surface area contributed by atoms with Gasteiger partial charge in [-0.3, -0.25) is 0 Å². The Labute approximate surface area is 118 Å². The van der Waals surface area contributed by atoms with Gasteiger partial charge in [-0.25, -0.2) is 4.39 Å². The van der Waals surface area contributed by atoms with Crippen LogP contribution in [0.3, 0.4) is 0 Å². The first-order chi connectivity index (χ1) is 9.49. The van der Waals surface area contributed by atoms with E-state index < -0.39 is 0 Å². The Morgan fingerprint density at radius 1 is 1.10 bits per heavy atom. The van der Waals surface area contributed by atoms with Gasteiger partial charge in [-0.05, 0) is 45.0 Å². The zero-order valence-corrected chi connectivity index (χ0v) is 11.9. The third-order valence-corrected chi connectivity index (χ3v) is 2.97. The summed E-state index contributed by atoms with van der Waals surface area (Å²) < 4.78 is 19.2. The summed E-state index contributed by atoms with van der Waals surface area (Å²) in [6, 6.07) is 10.4. The lowest BCUT2D eigenvalue weighted by atomic mass is 10.1. The molecule has 0 aliphatic rings. The molecule has 0 heterocycles. The molecule has 4 heteroatoms. The Balaban J connectivity index is 2.32. The number of para-hydroxylation sites is 1. The van der Waals surface area contributed by atoms with Crippen molar-refractivity contribution < 1.29 is 9.13 Å². The Bertz CT molecular complexity index is 611. The third kappa shape index (κ3) is 3.02. The first-order valence-electron chi connectivity index (χ1n) is 6.56. The average Bonchev–Trinajstić information content (AvgIpc) is 2.39. The maximum atomic E-state index is 13.5. The van der Waals surface area contributed by atoms with Crippen molar-refractivity contribution in [2.75, 3.05) is 11.1 Å². The molecule has 20 heavy (non-hydrogen) atoms. The molecule has 0 saturated heterocycles. The van der Waals surface area contributed by atoms with Crippen LogP contribution in [0.5, 0.6) is 5.75 Å².